The van der Waals surface area contributed by atoms with E-state index < -0.39 is 5.82 Å². The van der Waals surface area contributed by atoms with Crippen molar-refractivity contribution in [1.82, 2.24) is 10.3 Å². The monoisotopic (exact) mass is 250 g/mol. The lowest BCUT2D eigenvalue weighted by Crippen LogP contribution is -2.41. The molecule has 2 heterocycles. The van der Waals surface area contributed by atoms with Crippen molar-refractivity contribution in [3.8, 4) is 0 Å². The largest absolute Gasteiger partial charge is 0.376 e. The number of hydrogen-bond donors (Lipinski definition) is 1. The fourth-order valence-electron chi connectivity index (χ4n) is 2.46. The van der Waals surface area contributed by atoms with Gasteiger partial charge in [0.25, 0.3) is 5.91 Å². The number of aromatic nitrogens is 1. The zero-order valence-electron chi connectivity index (χ0n) is 9.93. The minimum Gasteiger partial charge on any atom is -0.376 e. The van der Waals surface area contributed by atoms with Gasteiger partial charge >= 0.3 is 0 Å². The Labute approximate surface area is 105 Å². The van der Waals surface area contributed by atoms with Crippen molar-refractivity contribution < 1.29 is 13.9 Å². The number of carbonyl (C=O) groups is 1. The quantitative estimate of drug-likeness (QED) is 0.884. The highest BCUT2D eigenvalue weighted by Gasteiger charge is 2.41. The van der Waals surface area contributed by atoms with Gasteiger partial charge in [0, 0.05) is 12.8 Å². The third kappa shape index (κ3) is 2.22. The number of amides is 1. The van der Waals surface area contributed by atoms with Crippen LogP contribution in [0.4, 0.5) is 4.39 Å². The molecule has 2 atom stereocenters. The molecular formula is C13H15FN2O2. The Morgan fingerprint density at radius 2 is 2.28 bits per heavy atom. The molecule has 1 aliphatic carbocycles. The normalized spacial score (nSPS) is 27.2. The van der Waals surface area contributed by atoms with Gasteiger partial charge in [-0.1, -0.05) is 0 Å². The van der Waals surface area contributed by atoms with E-state index in [9.17, 15) is 9.18 Å². The van der Waals surface area contributed by atoms with E-state index in [1.807, 2.05) is 0 Å². The van der Waals surface area contributed by atoms with Crippen LogP contribution in [-0.2, 0) is 4.74 Å². The van der Waals surface area contributed by atoms with Gasteiger partial charge in [-0.15, -0.1) is 0 Å². The molecule has 2 fully saturated rings. The number of pyridine rings is 1. The molecule has 4 nitrogen and oxygen atoms in total. The van der Waals surface area contributed by atoms with Crippen molar-refractivity contribution in [2.24, 2.45) is 5.92 Å². The maximum Gasteiger partial charge on any atom is 0.254 e. The van der Waals surface area contributed by atoms with Crippen molar-refractivity contribution in [3.63, 3.8) is 0 Å². The first-order valence-corrected chi connectivity index (χ1v) is 6.27. The molecule has 1 amide bonds. The highest BCUT2D eigenvalue weighted by atomic mass is 19.1. The molecule has 1 saturated heterocycles. The van der Waals surface area contributed by atoms with E-state index in [2.05, 4.69) is 10.3 Å². The molecule has 1 N–H and O–H groups in total. The van der Waals surface area contributed by atoms with Crippen LogP contribution in [-0.4, -0.2) is 29.6 Å². The molecule has 1 saturated carbocycles. The summed E-state index contributed by atoms with van der Waals surface area (Å²) in [5, 5.41) is 2.88. The molecule has 2 aliphatic rings. The third-order valence-corrected chi connectivity index (χ3v) is 3.56. The molecule has 1 aromatic rings. The smallest absolute Gasteiger partial charge is 0.254 e. The van der Waals surface area contributed by atoms with Crippen molar-refractivity contribution >= 4 is 5.91 Å². The molecule has 0 aromatic carbocycles. The summed E-state index contributed by atoms with van der Waals surface area (Å²) in [4.78, 5) is 15.6. The molecule has 0 radical (unpaired) electrons. The first-order chi connectivity index (χ1) is 8.75. The van der Waals surface area contributed by atoms with Crippen molar-refractivity contribution in [2.45, 2.75) is 31.4 Å². The van der Waals surface area contributed by atoms with E-state index in [1.54, 1.807) is 0 Å². The van der Waals surface area contributed by atoms with Crippen LogP contribution in [0.3, 0.4) is 0 Å². The van der Waals surface area contributed by atoms with E-state index in [-0.39, 0.29) is 23.6 Å². The average molecular weight is 250 g/mol. The Kier molecular flexibility index (Phi) is 2.99. The summed E-state index contributed by atoms with van der Waals surface area (Å²) in [6.07, 6.45) is 5.72. The number of halogens is 1. The molecule has 5 heteroatoms. The van der Waals surface area contributed by atoms with Gasteiger partial charge < -0.3 is 10.1 Å². The molecule has 0 bridgehead atoms. The van der Waals surface area contributed by atoms with Gasteiger partial charge in [-0.3, -0.25) is 9.78 Å². The van der Waals surface area contributed by atoms with Crippen LogP contribution in [0.2, 0.25) is 0 Å². The van der Waals surface area contributed by atoms with Crippen LogP contribution >= 0.6 is 0 Å². The van der Waals surface area contributed by atoms with Crippen molar-refractivity contribution in [3.05, 3.63) is 29.8 Å². The molecular weight excluding hydrogens is 235 g/mol. The van der Waals surface area contributed by atoms with E-state index in [1.165, 1.54) is 25.1 Å². The van der Waals surface area contributed by atoms with Gasteiger partial charge in [-0.2, -0.15) is 0 Å². The Hall–Kier alpha value is -1.49. The standard InChI is InChI=1S/C13H15FN2O2/c14-10-7-15-5-3-9(10)13(17)16-11-4-6-18-12(11)8-1-2-8/h3,5,7-8,11-12H,1-2,4,6H2,(H,16,17). The summed E-state index contributed by atoms with van der Waals surface area (Å²) in [6, 6.07) is 1.41. The highest BCUT2D eigenvalue weighted by molar-refractivity contribution is 5.94. The van der Waals surface area contributed by atoms with Crippen LogP contribution in [0, 0.1) is 11.7 Å². The maximum atomic E-state index is 13.4. The van der Waals surface area contributed by atoms with Crippen LogP contribution in [0.1, 0.15) is 29.6 Å². The van der Waals surface area contributed by atoms with Crippen LogP contribution in [0.15, 0.2) is 18.5 Å². The Morgan fingerprint density at radius 1 is 1.44 bits per heavy atom. The molecule has 0 spiro atoms. The lowest BCUT2D eigenvalue weighted by Gasteiger charge is -2.19. The summed E-state index contributed by atoms with van der Waals surface area (Å²) in [5.74, 6) is -0.395. The summed E-state index contributed by atoms with van der Waals surface area (Å²) >= 11 is 0. The molecule has 3 rings (SSSR count). The van der Waals surface area contributed by atoms with E-state index in [4.69, 9.17) is 4.74 Å². The second kappa shape index (κ2) is 4.65. The predicted molar refractivity (Wildman–Crippen MR) is 62.5 cm³/mol. The van der Waals surface area contributed by atoms with Crippen molar-refractivity contribution in [1.29, 1.82) is 0 Å². The molecule has 1 aliphatic heterocycles. The SMILES string of the molecule is O=C(NC1CCOC1C1CC1)c1ccncc1F. The average Bonchev–Trinajstić information content (AvgIpc) is 3.11. The summed E-state index contributed by atoms with van der Waals surface area (Å²) in [6.45, 7) is 0.672. The van der Waals surface area contributed by atoms with Crippen LogP contribution < -0.4 is 5.32 Å². The number of rotatable bonds is 3. The Balaban J connectivity index is 1.69. The molecule has 1 aromatic heterocycles. The fourth-order valence-corrected chi connectivity index (χ4v) is 2.46. The maximum absolute atomic E-state index is 13.4. The van der Waals surface area contributed by atoms with Gasteiger partial charge in [0.2, 0.25) is 0 Å². The topological polar surface area (TPSA) is 51.2 Å². The number of hydrogen-bond acceptors (Lipinski definition) is 3. The lowest BCUT2D eigenvalue weighted by molar-refractivity contribution is 0.0727. The second-order valence-corrected chi connectivity index (χ2v) is 4.90. The zero-order valence-corrected chi connectivity index (χ0v) is 9.93. The van der Waals surface area contributed by atoms with Gasteiger partial charge in [-0.25, -0.2) is 4.39 Å². The Morgan fingerprint density at radius 3 is 3.00 bits per heavy atom. The fraction of sp³-hybridized carbons (Fsp3) is 0.538. The van der Waals surface area contributed by atoms with Crippen LogP contribution in [0.25, 0.3) is 0 Å². The summed E-state index contributed by atoms with van der Waals surface area (Å²) in [5.41, 5.74) is 0.0476. The minimum absolute atomic E-state index is 0.0116. The highest BCUT2D eigenvalue weighted by Crippen LogP contribution is 2.38. The van der Waals surface area contributed by atoms with Gasteiger partial charge in [0.15, 0.2) is 5.82 Å². The number of nitrogens with zero attached hydrogens (tertiary/aromatic N) is 1. The third-order valence-electron chi connectivity index (χ3n) is 3.56. The number of carbonyl (C=O) groups excluding carboxylic acids is 1. The second-order valence-electron chi connectivity index (χ2n) is 4.90. The first kappa shape index (κ1) is 11.6. The lowest BCUT2D eigenvalue weighted by atomic mass is 10.1. The number of ether oxygens (including phenoxy) is 1. The summed E-state index contributed by atoms with van der Waals surface area (Å²) < 4.78 is 19.1. The summed E-state index contributed by atoms with van der Waals surface area (Å²) in [7, 11) is 0. The van der Waals surface area contributed by atoms with E-state index in [0.717, 1.165) is 12.6 Å². The van der Waals surface area contributed by atoms with E-state index >= 15 is 0 Å². The first-order valence-electron chi connectivity index (χ1n) is 6.27. The van der Waals surface area contributed by atoms with Crippen molar-refractivity contribution in [2.75, 3.05) is 6.61 Å². The molecule has 2 unspecified atom stereocenters. The van der Waals surface area contributed by atoms with Gasteiger partial charge in [0.1, 0.15) is 0 Å². The van der Waals surface area contributed by atoms with Crippen LogP contribution in [0.5, 0.6) is 0 Å². The minimum atomic E-state index is -0.586. The molecule has 18 heavy (non-hydrogen) atoms. The Bertz CT molecular complexity index is 462. The van der Waals surface area contributed by atoms with Gasteiger partial charge in [-0.05, 0) is 31.2 Å². The van der Waals surface area contributed by atoms with Gasteiger partial charge in [0.05, 0.1) is 23.9 Å². The molecule has 96 valence electrons. The predicted octanol–water partition coefficient (Wildman–Crippen LogP) is 1.52. The number of nitrogens with one attached hydrogen (secondary N) is 1. The zero-order chi connectivity index (χ0) is 12.5. The van der Waals surface area contributed by atoms with E-state index in [0.29, 0.717) is 12.5 Å².